The number of halogens is 3. The minimum absolute atomic E-state index is 0.0139. The molecule has 2 rings (SSSR count). The molecule has 0 saturated heterocycles. The SMILES string of the molecule is COc1ccc(Br)c(C(=O)Cc2ccc(F)c(Cl)c2)c1. The molecular weight excluding hydrogens is 347 g/mol. The lowest BCUT2D eigenvalue weighted by Gasteiger charge is -2.07. The summed E-state index contributed by atoms with van der Waals surface area (Å²) in [5, 5.41) is 0.0139. The molecule has 0 radical (unpaired) electrons. The highest BCUT2D eigenvalue weighted by atomic mass is 79.9. The fraction of sp³-hybridized carbons (Fsp3) is 0.133. The lowest BCUT2D eigenvalue weighted by Crippen LogP contribution is -2.05. The average Bonchev–Trinajstić information content (AvgIpc) is 2.43. The summed E-state index contributed by atoms with van der Waals surface area (Å²) in [5.41, 5.74) is 1.18. The Balaban J connectivity index is 2.25. The molecule has 0 aliphatic rings. The Labute approximate surface area is 129 Å². The Hall–Kier alpha value is -1.39. The van der Waals surface area contributed by atoms with Crippen LogP contribution in [0.25, 0.3) is 0 Å². The molecule has 104 valence electrons. The van der Waals surface area contributed by atoms with Gasteiger partial charge >= 0.3 is 0 Å². The number of carbonyl (C=O) groups is 1. The van der Waals surface area contributed by atoms with Crippen molar-refractivity contribution in [2.75, 3.05) is 7.11 Å². The van der Waals surface area contributed by atoms with Gasteiger partial charge in [0.2, 0.25) is 0 Å². The Morgan fingerprint density at radius 1 is 1.30 bits per heavy atom. The summed E-state index contributed by atoms with van der Waals surface area (Å²) in [7, 11) is 1.54. The third kappa shape index (κ3) is 3.38. The number of rotatable bonds is 4. The second-order valence-electron chi connectivity index (χ2n) is 4.19. The summed E-state index contributed by atoms with van der Waals surface area (Å²) in [5.74, 6) is 0.0116. The van der Waals surface area contributed by atoms with Crippen LogP contribution in [0.3, 0.4) is 0 Å². The van der Waals surface area contributed by atoms with Gasteiger partial charge in [0.1, 0.15) is 11.6 Å². The Bertz CT molecular complexity index is 658. The lowest BCUT2D eigenvalue weighted by atomic mass is 10.0. The molecular formula is C15H11BrClFO2. The van der Waals surface area contributed by atoms with E-state index < -0.39 is 5.82 Å². The van der Waals surface area contributed by atoms with E-state index in [-0.39, 0.29) is 17.2 Å². The van der Waals surface area contributed by atoms with E-state index in [0.29, 0.717) is 21.3 Å². The van der Waals surface area contributed by atoms with Crippen LogP contribution in [0.4, 0.5) is 4.39 Å². The van der Waals surface area contributed by atoms with Gasteiger partial charge in [0.05, 0.1) is 12.1 Å². The number of ether oxygens (including phenoxy) is 1. The van der Waals surface area contributed by atoms with Crippen molar-refractivity contribution >= 4 is 33.3 Å². The van der Waals surface area contributed by atoms with Crippen LogP contribution in [0, 0.1) is 5.82 Å². The van der Waals surface area contributed by atoms with Gasteiger partial charge in [0.15, 0.2) is 5.78 Å². The monoisotopic (exact) mass is 356 g/mol. The number of Topliss-reactive ketones (excluding diaryl/α,β-unsaturated/α-hetero) is 1. The van der Waals surface area contributed by atoms with E-state index in [1.165, 1.54) is 19.2 Å². The lowest BCUT2D eigenvalue weighted by molar-refractivity contribution is 0.0992. The van der Waals surface area contributed by atoms with Crippen LogP contribution < -0.4 is 4.74 Å². The van der Waals surface area contributed by atoms with Crippen molar-refractivity contribution in [2.45, 2.75) is 6.42 Å². The molecule has 2 aromatic carbocycles. The zero-order valence-corrected chi connectivity index (χ0v) is 13.0. The first-order valence-electron chi connectivity index (χ1n) is 5.82. The van der Waals surface area contributed by atoms with Crippen molar-refractivity contribution in [3.05, 3.63) is 62.8 Å². The number of carbonyl (C=O) groups excluding carboxylic acids is 1. The molecule has 20 heavy (non-hydrogen) atoms. The molecule has 0 aliphatic heterocycles. The first kappa shape index (κ1) is 15.0. The number of hydrogen-bond donors (Lipinski definition) is 0. The smallest absolute Gasteiger partial charge is 0.168 e. The van der Waals surface area contributed by atoms with Crippen LogP contribution in [0.1, 0.15) is 15.9 Å². The van der Waals surface area contributed by atoms with Gasteiger partial charge in [-0.1, -0.05) is 33.6 Å². The second kappa shape index (κ2) is 6.37. The van der Waals surface area contributed by atoms with E-state index in [9.17, 15) is 9.18 Å². The normalized spacial score (nSPS) is 10.4. The fourth-order valence-electron chi connectivity index (χ4n) is 1.78. The summed E-state index contributed by atoms with van der Waals surface area (Å²) < 4.78 is 18.9. The Morgan fingerprint density at radius 2 is 2.05 bits per heavy atom. The van der Waals surface area contributed by atoms with Gasteiger partial charge in [-0.05, 0) is 35.9 Å². The summed E-state index contributed by atoms with van der Waals surface area (Å²) in [6.45, 7) is 0. The van der Waals surface area contributed by atoms with Crippen LogP contribution in [-0.4, -0.2) is 12.9 Å². The van der Waals surface area contributed by atoms with E-state index >= 15 is 0 Å². The molecule has 0 spiro atoms. The van der Waals surface area contributed by atoms with E-state index in [2.05, 4.69) is 15.9 Å². The number of benzene rings is 2. The van der Waals surface area contributed by atoms with E-state index in [4.69, 9.17) is 16.3 Å². The van der Waals surface area contributed by atoms with Crippen LogP contribution >= 0.6 is 27.5 Å². The van der Waals surface area contributed by atoms with Gasteiger partial charge in [-0.25, -0.2) is 4.39 Å². The molecule has 0 saturated carbocycles. The van der Waals surface area contributed by atoms with Gasteiger partial charge < -0.3 is 4.74 Å². The van der Waals surface area contributed by atoms with Crippen LogP contribution in [-0.2, 0) is 6.42 Å². The minimum atomic E-state index is -0.495. The molecule has 5 heteroatoms. The Morgan fingerprint density at radius 3 is 2.70 bits per heavy atom. The summed E-state index contributed by atoms with van der Waals surface area (Å²) >= 11 is 9.04. The zero-order chi connectivity index (χ0) is 14.7. The number of ketones is 1. The highest BCUT2D eigenvalue weighted by Gasteiger charge is 2.13. The minimum Gasteiger partial charge on any atom is -0.497 e. The molecule has 0 heterocycles. The van der Waals surface area contributed by atoms with Gasteiger partial charge in [0.25, 0.3) is 0 Å². The molecule has 0 aromatic heterocycles. The van der Waals surface area contributed by atoms with Crippen molar-refractivity contribution < 1.29 is 13.9 Å². The summed E-state index contributed by atoms with van der Waals surface area (Å²) in [6.07, 6.45) is 0.145. The largest absolute Gasteiger partial charge is 0.497 e. The highest BCUT2D eigenvalue weighted by molar-refractivity contribution is 9.10. The average molecular weight is 358 g/mol. The zero-order valence-electron chi connectivity index (χ0n) is 10.6. The first-order chi connectivity index (χ1) is 9.51. The van der Waals surface area contributed by atoms with E-state index in [1.807, 2.05) is 0 Å². The predicted molar refractivity (Wildman–Crippen MR) is 80.1 cm³/mol. The summed E-state index contributed by atoms with van der Waals surface area (Å²) in [4.78, 5) is 12.3. The van der Waals surface area contributed by atoms with Gasteiger partial charge in [-0.3, -0.25) is 4.79 Å². The van der Waals surface area contributed by atoms with Crippen LogP contribution in [0.5, 0.6) is 5.75 Å². The topological polar surface area (TPSA) is 26.3 Å². The van der Waals surface area contributed by atoms with Crippen LogP contribution in [0.2, 0.25) is 5.02 Å². The molecule has 0 unspecified atom stereocenters. The molecule has 0 amide bonds. The number of methoxy groups -OCH3 is 1. The van der Waals surface area contributed by atoms with Gasteiger partial charge in [0, 0.05) is 16.5 Å². The summed E-state index contributed by atoms with van der Waals surface area (Å²) in [6, 6.07) is 9.44. The number of hydrogen-bond acceptors (Lipinski definition) is 2. The standard InChI is InChI=1S/C15H11BrClFO2/c1-20-10-3-4-12(16)11(8-10)15(19)7-9-2-5-14(18)13(17)6-9/h2-6,8H,7H2,1H3. The third-order valence-corrected chi connectivity index (χ3v) is 3.80. The molecule has 0 N–H and O–H groups in total. The third-order valence-electron chi connectivity index (χ3n) is 2.82. The maximum Gasteiger partial charge on any atom is 0.168 e. The molecule has 0 bridgehead atoms. The highest BCUT2D eigenvalue weighted by Crippen LogP contribution is 2.24. The van der Waals surface area contributed by atoms with Crippen molar-refractivity contribution in [1.82, 2.24) is 0 Å². The Kier molecular flexibility index (Phi) is 4.78. The maximum absolute atomic E-state index is 13.1. The molecule has 0 fully saturated rings. The quantitative estimate of drug-likeness (QED) is 0.743. The van der Waals surface area contributed by atoms with Crippen molar-refractivity contribution in [1.29, 1.82) is 0 Å². The maximum atomic E-state index is 13.1. The van der Waals surface area contributed by atoms with E-state index in [0.717, 1.165) is 0 Å². The molecule has 0 aliphatic carbocycles. The van der Waals surface area contributed by atoms with Crippen molar-refractivity contribution in [3.63, 3.8) is 0 Å². The van der Waals surface area contributed by atoms with Gasteiger partial charge in [-0.2, -0.15) is 0 Å². The van der Waals surface area contributed by atoms with Crippen LogP contribution in [0.15, 0.2) is 40.9 Å². The van der Waals surface area contributed by atoms with Crippen molar-refractivity contribution in [3.8, 4) is 5.75 Å². The fourth-order valence-corrected chi connectivity index (χ4v) is 2.45. The molecule has 2 nitrogen and oxygen atoms in total. The van der Waals surface area contributed by atoms with Gasteiger partial charge in [-0.15, -0.1) is 0 Å². The predicted octanol–water partition coefficient (Wildman–Crippen LogP) is 4.68. The van der Waals surface area contributed by atoms with E-state index in [1.54, 1.807) is 24.3 Å². The van der Waals surface area contributed by atoms with Crippen molar-refractivity contribution in [2.24, 2.45) is 0 Å². The molecule has 0 atom stereocenters. The second-order valence-corrected chi connectivity index (χ2v) is 5.46. The molecule has 2 aromatic rings. The first-order valence-corrected chi connectivity index (χ1v) is 6.99.